The minimum atomic E-state index is -1.70. The molecule has 1 N–H and O–H groups in total. The van der Waals surface area contributed by atoms with Crippen molar-refractivity contribution in [2.75, 3.05) is 13.2 Å². The highest BCUT2D eigenvalue weighted by Crippen LogP contribution is 2.29. The molecule has 23 heavy (non-hydrogen) atoms. The van der Waals surface area contributed by atoms with Crippen molar-refractivity contribution in [1.82, 2.24) is 0 Å². The van der Waals surface area contributed by atoms with E-state index in [-0.39, 0.29) is 25.0 Å². The summed E-state index contributed by atoms with van der Waals surface area (Å²) in [4.78, 5) is 23.4. The van der Waals surface area contributed by atoms with Crippen LogP contribution >= 0.6 is 11.6 Å². The van der Waals surface area contributed by atoms with E-state index in [9.17, 15) is 14.7 Å². The van der Waals surface area contributed by atoms with Crippen LogP contribution in [0.25, 0.3) is 0 Å². The summed E-state index contributed by atoms with van der Waals surface area (Å²) in [5, 5.41) is 11.2. The van der Waals surface area contributed by atoms with Gasteiger partial charge in [0, 0.05) is 10.6 Å². The maximum Gasteiger partial charge on any atom is 0.308 e. The third-order valence-corrected chi connectivity index (χ3v) is 3.55. The van der Waals surface area contributed by atoms with Crippen LogP contribution in [-0.4, -0.2) is 30.3 Å². The molecule has 5 nitrogen and oxygen atoms in total. The van der Waals surface area contributed by atoms with Crippen molar-refractivity contribution in [2.24, 2.45) is 11.8 Å². The van der Waals surface area contributed by atoms with Crippen LogP contribution in [0.4, 0.5) is 0 Å². The molecule has 0 aliphatic rings. The van der Waals surface area contributed by atoms with E-state index >= 15 is 0 Å². The summed E-state index contributed by atoms with van der Waals surface area (Å²) >= 11 is 6.12. The Balaban J connectivity index is 2.98. The van der Waals surface area contributed by atoms with E-state index in [0.29, 0.717) is 10.6 Å². The molecule has 0 heterocycles. The fourth-order valence-electron chi connectivity index (χ4n) is 1.75. The fraction of sp³-hybridized carbons (Fsp3) is 0.529. The first-order valence-corrected chi connectivity index (χ1v) is 7.86. The Labute approximate surface area is 141 Å². The van der Waals surface area contributed by atoms with Gasteiger partial charge in [-0.15, -0.1) is 0 Å². The van der Waals surface area contributed by atoms with Crippen LogP contribution in [0.1, 0.15) is 33.3 Å². The lowest BCUT2D eigenvalue weighted by atomic mass is 9.95. The Morgan fingerprint density at radius 3 is 1.87 bits per heavy atom. The molecule has 1 aromatic rings. The summed E-state index contributed by atoms with van der Waals surface area (Å²) in [5.41, 5.74) is -1.36. The summed E-state index contributed by atoms with van der Waals surface area (Å²) < 4.78 is 10.3. The number of esters is 2. The Kier molecular flexibility index (Phi) is 7.03. The first kappa shape index (κ1) is 19.5. The highest BCUT2D eigenvalue weighted by atomic mass is 35.5. The fourth-order valence-corrected chi connectivity index (χ4v) is 2.06. The van der Waals surface area contributed by atoms with Gasteiger partial charge in [0.1, 0.15) is 13.2 Å². The van der Waals surface area contributed by atoms with Crippen molar-refractivity contribution < 1.29 is 24.2 Å². The second-order valence-electron chi connectivity index (χ2n) is 6.04. The molecule has 0 atom stereocenters. The smallest absolute Gasteiger partial charge is 0.308 e. The Morgan fingerprint density at radius 1 is 1.04 bits per heavy atom. The Hall–Kier alpha value is -1.59. The number of aliphatic hydroxyl groups is 1. The van der Waals surface area contributed by atoms with E-state index < -0.39 is 17.5 Å². The number of halogens is 1. The molecule has 0 aromatic heterocycles. The zero-order valence-electron chi connectivity index (χ0n) is 13.8. The summed E-state index contributed by atoms with van der Waals surface area (Å²) in [6, 6.07) is 6.62. The van der Waals surface area contributed by atoms with E-state index in [1.54, 1.807) is 52.0 Å². The second-order valence-corrected chi connectivity index (χ2v) is 6.44. The third-order valence-electron chi connectivity index (χ3n) is 3.22. The maximum absolute atomic E-state index is 11.7. The summed E-state index contributed by atoms with van der Waals surface area (Å²) in [7, 11) is 0. The summed E-state index contributed by atoms with van der Waals surface area (Å²) in [5.74, 6) is -1.57. The topological polar surface area (TPSA) is 72.8 Å². The Bertz CT molecular complexity index is 530. The largest absolute Gasteiger partial charge is 0.462 e. The van der Waals surface area contributed by atoms with E-state index in [1.807, 2.05) is 0 Å². The number of hydrogen-bond donors (Lipinski definition) is 1. The highest BCUT2D eigenvalue weighted by molar-refractivity contribution is 6.31. The van der Waals surface area contributed by atoms with Crippen LogP contribution in [0.15, 0.2) is 24.3 Å². The van der Waals surface area contributed by atoms with Gasteiger partial charge in [0.15, 0.2) is 5.60 Å². The van der Waals surface area contributed by atoms with Crippen molar-refractivity contribution in [1.29, 1.82) is 0 Å². The summed E-state index contributed by atoms with van der Waals surface area (Å²) in [6.07, 6.45) is 0. The molecule has 0 aliphatic carbocycles. The molecule has 0 saturated carbocycles. The standard InChI is InChI=1S/C17H23ClO5/c1-11(2)15(19)22-9-17(21,10-23-16(20)12(3)4)13-7-5-6-8-14(13)18/h5-8,11-12,21H,9-10H2,1-4H3. The van der Waals surface area contributed by atoms with Gasteiger partial charge < -0.3 is 14.6 Å². The van der Waals surface area contributed by atoms with Crippen molar-refractivity contribution in [3.63, 3.8) is 0 Å². The zero-order valence-corrected chi connectivity index (χ0v) is 14.6. The van der Waals surface area contributed by atoms with Crippen LogP contribution in [-0.2, 0) is 24.7 Å². The van der Waals surface area contributed by atoms with Gasteiger partial charge in [-0.05, 0) is 6.07 Å². The van der Waals surface area contributed by atoms with Crippen LogP contribution in [0.3, 0.4) is 0 Å². The molecule has 1 aromatic carbocycles. The molecule has 0 radical (unpaired) electrons. The van der Waals surface area contributed by atoms with Gasteiger partial charge in [0.25, 0.3) is 0 Å². The van der Waals surface area contributed by atoms with Gasteiger partial charge in [-0.3, -0.25) is 9.59 Å². The van der Waals surface area contributed by atoms with E-state index in [2.05, 4.69) is 0 Å². The molecular weight excluding hydrogens is 320 g/mol. The van der Waals surface area contributed by atoms with Crippen molar-refractivity contribution in [3.8, 4) is 0 Å². The lowest BCUT2D eigenvalue weighted by molar-refractivity contribution is -0.168. The number of rotatable bonds is 7. The maximum atomic E-state index is 11.7. The molecule has 0 bridgehead atoms. The Morgan fingerprint density at radius 2 is 1.48 bits per heavy atom. The molecule has 128 valence electrons. The third kappa shape index (κ3) is 5.52. The minimum absolute atomic E-state index is 0.302. The zero-order chi connectivity index (χ0) is 17.6. The van der Waals surface area contributed by atoms with Crippen LogP contribution in [0.2, 0.25) is 5.02 Å². The average molecular weight is 343 g/mol. The average Bonchev–Trinajstić information content (AvgIpc) is 2.50. The van der Waals surface area contributed by atoms with Gasteiger partial charge >= 0.3 is 11.9 Å². The van der Waals surface area contributed by atoms with E-state index in [4.69, 9.17) is 21.1 Å². The molecular formula is C17H23ClO5. The number of hydrogen-bond acceptors (Lipinski definition) is 5. The molecule has 0 saturated heterocycles. The SMILES string of the molecule is CC(C)C(=O)OCC(O)(COC(=O)C(C)C)c1ccccc1Cl. The van der Waals surface area contributed by atoms with E-state index in [0.717, 1.165) is 0 Å². The normalized spacial score (nSPS) is 11.7. The summed E-state index contributed by atoms with van der Waals surface area (Å²) in [6.45, 7) is 6.06. The van der Waals surface area contributed by atoms with Crippen LogP contribution in [0.5, 0.6) is 0 Å². The van der Waals surface area contributed by atoms with Crippen molar-refractivity contribution in [3.05, 3.63) is 34.9 Å². The number of carbonyl (C=O) groups excluding carboxylic acids is 2. The van der Waals surface area contributed by atoms with Gasteiger partial charge in [-0.25, -0.2) is 0 Å². The monoisotopic (exact) mass is 342 g/mol. The molecule has 0 spiro atoms. The van der Waals surface area contributed by atoms with Crippen LogP contribution < -0.4 is 0 Å². The predicted molar refractivity (Wildman–Crippen MR) is 86.9 cm³/mol. The van der Waals surface area contributed by atoms with Gasteiger partial charge in [0.05, 0.1) is 11.8 Å². The molecule has 0 amide bonds. The number of carbonyl (C=O) groups is 2. The molecule has 0 fully saturated rings. The van der Waals surface area contributed by atoms with E-state index in [1.165, 1.54) is 0 Å². The molecule has 0 aliphatic heterocycles. The first-order valence-electron chi connectivity index (χ1n) is 7.48. The molecule has 6 heteroatoms. The lowest BCUT2D eigenvalue weighted by Crippen LogP contribution is -2.39. The van der Waals surface area contributed by atoms with Gasteiger partial charge in [0.2, 0.25) is 0 Å². The van der Waals surface area contributed by atoms with Crippen molar-refractivity contribution in [2.45, 2.75) is 33.3 Å². The second kappa shape index (κ2) is 8.31. The van der Waals surface area contributed by atoms with Crippen LogP contribution in [0, 0.1) is 11.8 Å². The first-order chi connectivity index (χ1) is 10.7. The minimum Gasteiger partial charge on any atom is -0.462 e. The number of benzene rings is 1. The van der Waals surface area contributed by atoms with Crippen molar-refractivity contribution >= 4 is 23.5 Å². The predicted octanol–water partition coefficient (Wildman–Crippen LogP) is 2.93. The van der Waals surface area contributed by atoms with Gasteiger partial charge in [-0.1, -0.05) is 57.5 Å². The number of ether oxygens (including phenoxy) is 2. The lowest BCUT2D eigenvalue weighted by Gasteiger charge is -2.29. The van der Waals surface area contributed by atoms with Gasteiger partial charge in [-0.2, -0.15) is 0 Å². The molecule has 0 unspecified atom stereocenters. The quantitative estimate of drug-likeness (QED) is 0.771. The highest BCUT2D eigenvalue weighted by Gasteiger charge is 2.35. The molecule has 1 rings (SSSR count).